The maximum Gasteiger partial charge on any atom is 0.337 e. The van der Waals surface area contributed by atoms with E-state index in [1.54, 1.807) is 0 Å². The predicted octanol–water partition coefficient (Wildman–Crippen LogP) is 7.21. The number of nitrogens with one attached hydrogen (secondary N) is 1. The van der Waals surface area contributed by atoms with Gasteiger partial charge in [0.05, 0.1) is 24.2 Å². The molecule has 1 aliphatic heterocycles. The molecule has 5 aliphatic rings. The molecular formula is C42H67N3O4S. The van der Waals surface area contributed by atoms with Crippen molar-refractivity contribution in [2.75, 3.05) is 44.8 Å². The normalized spacial score (nSPS) is 40.7. The molecule has 0 aromatic heterocycles. The van der Waals surface area contributed by atoms with Gasteiger partial charge in [-0.15, -0.1) is 0 Å². The van der Waals surface area contributed by atoms with E-state index < -0.39 is 9.84 Å². The van der Waals surface area contributed by atoms with Gasteiger partial charge >= 0.3 is 5.97 Å². The number of sulfone groups is 1. The van der Waals surface area contributed by atoms with Crippen molar-refractivity contribution in [2.24, 2.45) is 57.0 Å². The highest BCUT2D eigenvalue weighted by molar-refractivity contribution is 7.91. The van der Waals surface area contributed by atoms with Crippen LogP contribution in [0.5, 0.6) is 0 Å². The van der Waals surface area contributed by atoms with Gasteiger partial charge in [-0.1, -0.05) is 59.8 Å². The van der Waals surface area contributed by atoms with Crippen LogP contribution in [-0.4, -0.2) is 75.7 Å². The third-order valence-corrected chi connectivity index (χ3v) is 17.9. The Morgan fingerprint density at radius 3 is 2.22 bits per heavy atom. The fourth-order valence-electron chi connectivity index (χ4n) is 13.1. The summed E-state index contributed by atoms with van der Waals surface area (Å²) in [5.41, 5.74) is 10.8. The summed E-state index contributed by atoms with van der Waals surface area (Å²) in [5, 5.41) is 4.10. The first kappa shape index (κ1) is 38.0. The number of esters is 1. The second kappa shape index (κ2) is 13.3. The lowest BCUT2D eigenvalue weighted by Crippen LogP contribution is -2.69. The molecule has 7 nitrogen and oxygen atoms in total. The molecule has 1 aromatic rings. The molecule has 1 saturated heterocycles. The highest BCUT2D eigenvalue weighted by Crippen LogP contribution is 2.75. The van der Waals surface area contributed by atoms with Gasteiger partial charge in [-0.25, -0.2) is 13.2 Å². The van der Waals surface area contributed by atoms with E-state index in [9.17, 15) is 13.2 Å². The number of nitrogens with two attached hydrogens (primary N) is 1. The molecule has 3 N–H and O–H groups in total. The van der Waals surface area contributed by atoms with Gasteiger partial charge in [-0.2, -0.15) is 0 Å². The Kier molecular flexibility index (Phi) is 10.1. The van der Waals surface area contributed by atoms with Gasteiger partial charge in [0.2, 0.25) is 0 Å². The van der Waals surface area contributed by atoms with E-state index in [1.165, 1.54) is 50.4 Å². The lowest BCUT2D eigenvalue weighted by molar-refractivity contribution is -0.224. The molecule has 10 unspecified atom stereocenters. The van der Waals surface area contributed by atoms with Crippen molar-refractivity contribution in [1.29, 1.82) is 0 Å². The first-order chi connectivity index (χ1) is 23.3. The largest absolute Gasteiger partial charge is 0.465 e. The van der Waals surface area contributed by atoms with Gasteiger partial charge < -0.3 is 20.7 Å². The second-order valence-corrected chi connectivity index (χ2v) is 21.2. The average Bonchev–Trinajstić information content (AvgIpc) is 3.05. The molecule has 4 aliphatic carbocycles. The van der Waals surface area contributed by atoms with Crippen LogP contribution in [0.2, 0.25) is 0 Å². The molecule has 280 valence electrons. The summed E-state index contributed by atoms with van der Waals surface area (Å²) >= 11 is 0. The van der Waals surface area contributed by atoms with Gasteiger partial charge in [0.1, 0.15) is 0 Å². The summed E-state index contributed by atoms with van der Waals surface area (Å²) in [7, 11) is -1.43. The van der Waals surface area contributed by atoms with Crippen molar-refractivity contribution in [1.82, 2.24) is 10.2 Å². The molecule has 6 rings (SSSR count). The molecule has 1 aromatic carbocycles. The van der Waals surface area contributed by atoms with Crippen LogP contribution in [0.1, 0.15) is 116 Å². The number of carbonyl (C=O) groups is 1. The number of hydrogen-bond donors (Lipinski definition) is 2. The van der Waals surface area contributed by atoms with Crippen molar-refractivity contribution in [2.45, 2.75) is 112 Å². The Hall–Kier alpha value is -1.74. The second-order valence-electron chi connectivity index (χ2n) is 18.9. The fourth-order valence-corrected chi connectivity index (χ4v) is 14.4. The molecule has 3 saturated carbocycles. The summed E-state index contributed by atoms with van der Waals surface area (Å²) in [6, 6.07) is 8.19. The minimum atomic E-state index is -2.87. The van der Waals surface area contributed by atoms with Crippen LogP contribution in [0.15, 0.2) is 30.3 Å². The molecule has 0 radical (unpaired) electrons. The van der Waals surface area contributed by atoms with Crippen LogP contribution in [0.25, 0.3) is 5.57 Å². The van der Waals surface area contributed by atoms with E-state index in [4.69, 9.17) is 10.5 Å². The highest BCUT2D eigenvalue weighted by atomic mass is 32.2. The molecule has 4 fully saturated rings. The van der Waals surface area contributed by atoms with Crippen LogP contribution in [0, 0.1) is 51.2 Å². The van der Waals surface area contributed by atoms with Crippen LogP contribution in [0.4, 0.5) is 0 Å². The Morgan fingerprint density at radius 1 is 0.940 bits per heavy atom. The van der Waals surface area contributed by atoms with E-state index in [0.717, 1.165) is 25.9 Å². The summed E-state index contributed by atoms with van der Waals surface area (Å²) in [6.07, 6.45) is 11.1. The molecule has 0 amide bonds. The third kappa shape index (κ3) is 6.14. The lowest BCUT2D eigenvalue weighted by Gasteiger charge is -2.73. The summed E-state index contributed by atoms with van der Waals surface area (Å²) in [5.74, 6) is 3.01. The number of carbonyl (C=O) groups excluding carboxylic acids is 1. The third-order valence-electron chi connectivity index (χ3n) is 16.3. The zero-order valence-corrected chi connectivity index (χ0v) is 33.4. The lowest BCUT2D eigenvalue weighted by atomic mass is 9.32. The summed E-state index contributed by atoms with van der Waals surface area (Å²) in [6.45, 7) is 23.2. The number of fused-ring (bicyclic) bond motifs is 5. The SMILES string of the molecule is COC(=O)c1ccc(C2=CCC3(C)C(CCC4(C)C3CCC3C(C(C)C(C)N)C(C)(NCCN5CCS(=O)(=O)CC5)CCC34C)C2(C)C)cc1. The van der Waals surface area contributed by atoms with E-state index >= 15 is 0 Å². The van der Waals surface area contributed by atoms with Crippen molar-refractivity contribution in [3.8, 4) is 0 Å². The van der Waals surface area contributed by atoms with Gasteiger partial charge in [0, 0.05) is 37.8 Å². The number of rotatable bonds is 8. The van der Waals surface area contributed by atoms with Crippen molar-refractivity contribution in [3.63, 3.8) is 0 Å². The van der Waals surface area contributed by atoms with Crippen molar-refractivity contribution < 1.29 is 17.9 Å². The number of ether oxygens (including phenoxy) is 1. The van der Waals surface area contributed by atoms with E-state index in [-0.39, 0.29) is 50.7 Å². The fraction of sp³-hybridized carbons (Fsp3) is 0.786. The first-order valence-corrected chi connectivity index (χ1v) is 21.5. The number of allylic oxidation sites excluding steroid dienone is 2. The van der Waals surface area contributed by atoms with Gasteiger partial charge in [0.15, 0.2) is 9.84 Å². The quantitative estimate of drug-likeness (QED) is 0.275. The molecule has 8 heteroatoms. The maximum absolute atomic E-state index is 12.1. The van der Waals surface area contributed by atoms with E-state index in [1.807, 2.05) is 12.1 Å². The van der Waals surface area contributed by atoms with E-state index in [0.29, 0.717) is 48.2 Å². The Balaban J connectivity index is 1.25. The van der Waals surface area contributed by atoms with Crippen LogP contribution < -0.4 is 11.1 Å². The number of nitrogens with zero attached hydrogens (tertiary/aromatic N) is 1. The molecular weight excluding hydrogens is 643 g/mol. The Labute approximate surface area is 303 Å². The summed E-state index contributed by atoms with van der Waals surface area (Å²) < 4.78 is 29.0. The molecule has 0 bridgehead atoms. The van der Waals surface area contributed by atoms with Gasteiger partial charge in [-0.3, -0.25) is 0 Å². The van der Waals surface area contributed by atoms with Crippen LogP contribution in [0.3, 0.4) is 0 Å². The average molecular weight is 710 g/mol. The van der Waals surface area contributed by atoms with Gasteiger partial charge in [-0.05, 0) is 133 Å². The summed E-state index contributed by atoms with van der Waals surface area (Å²) in [4.78, 5) is 14.5. The zero-order valence-electron chi connectivity index (χ0n) is 32.6. The van der Waals surface area contributed by atoms with Crippen LogP contribution in [-0.2, 0) is 14.6 Å². The molecule has 10 atom stereocenters. The number of hydrogen-bond acceptors (Lipinski definition) is 7. The van der Waals surface area contributed by atoms with Crippen LogP contribution >= 0.6 is 0 Å². The molecule has 0 spiro atoms. The minimum absolute atomic E-state index is 0.00271. The Morgan fingerprint density at radius 2 is 1.60 bits per heavy atom. The van der Waals surface area contributed by atoms with E-state index in [2.05, 4.69) is 83.8 Å². The standard InChI is InChI=1S/C42H67N3O4S/c1-28(29(2)43)36-33-14-15-35-39(5)18-16-32(30-10-12-31(13-11-30)37(46)49-9)38(3,4)34(39)17-19-41(35,7)40(33,6)20-21-42(36,8)44-22-23-45-24-26-50(47,48)27-25-45/h10-13,16,28-29,33-36,44H,14-15,17-27,43H2,1-9H3. The van der Waals surface area contributed by atoms with Gasteiger partial charge in [0.25, 0.3) is 0 Å². The highest BCUT2D eigenvalue weighted by Gasteiger charge is 2.69. The predicted molar refractivity (Wildman–Crippen MR) is 204 cm³/mol. The van der Waals surface area contributed by atoms with Crippen molar-refractivity contribution in [3.05, 3.63) is 41.5 Å². The first-order valence-electron chi connectivity index (χ1n) is 19.7. The maximum atomic E-state index is 12.1. The smallest absolute Gasteiger partial charge is 0.337 e. The monoisotopic (exact) mass is 709 g/mol. The molecule has 1 heterocycles. The minimum Gasteiger partial charge on any atom is -0.465 e. The number of benzene rings is 1. The Bertz CT molecular complexity index is 1560. The molecule has 50 heavy (non-hydrogen) atoms. The topological polar surface area (TPSA) is 102 Å². The van der Waals surface area contributed by atoms with Crippen molar-refractivity contribution >= 4 is 21.4 Å². The number of methoxy groups -OCH3 is 1. The zero-order chi connectivity index (χ0) is 36.5.